The lowest BCUT2D eigenvalue weighted by atomic mass is 10.1. The Morgan fingerprint density at radius 2 is 1.73 bits per heavy atom. The normalized spacial score (nSPS) is 17.2. The van der Waals surface area contributed by atoms with Gasteiger partial charge in [0, 0.05) is 19.0 Å². The van der Waals surface area contributed by atoms with E-state index in [-0.39, 0.29) is 37.6 Å². The molecule has 1 aromatic rings. The summed E-state index contributed by atoms with van der Waals surface area (Å²) in [5.74, 6) is 1.08. The van der Waals surface area contributed by atoms with Crippen molar-refractivity contribution in [2.45, 2.75) is 45.8 Å². The van der Waals surface area contributed by atoms with Crippen molar-refractivity contribution in [2.75, 3.05) is 26.3 Å². The second-order valence-electron chi connectivity index (χ2n) is 6.36. The number of urea groups is 1. The molecular weight excluding hydrogens is 336 g/mol. The van der Waals surface area contributed by atoms with Gasteiger partial charge >= 0.3 is 6.03 Å². The summed E-state index contributed by atoms with van der Waals surface area (Å²) in [4.78, 5) is 27.4. The van der Waals surface area contributed by atoms with E-state index < -0.39 is 6.10 Å². The number of nitrogens with zero attached hydrogens (tertiary/aromatic N) is 2. The minimum Gasteiger partial charge on any atom is -0.494 e. The van der Waals surface area contributed by atoms with Crippen molar-refractivity contribution in [1.82, 2.24) is 9.80 Å². The molecule has 1 aliphatic heterocycles. The third kappa shape index (κ3) is 5.11. The van der Waals surface area contributed by atoms with Gasteiger partial charge in [-0.15, -0.1) is 0 Å². The third-order valence-corrected chi connectivity index (χ3v) is 4.44. The predicted molar refractivity (Wildman–Crippen MR) is 97.3 cm³/mol. The molecule has 144 valence electrons. The van der Waals surface area contributed by atoms with Crippen molar-refractivity contribution in [3.63, 3.8) is 0 Å². The topological polar surface area (TPSA) is 79.3 Å². The molecule has 1 N–H and O–H groups in total. The van der Waals surface area contributed by atoms with Crippen LogP contribution in [0.1, 0.15) is 33.6 Å². The van der Waals surface area contributed by atoms with Gasteiger partial charge < -0.3 is 19.5 Å². The van der Waals surface area contributed by atoms with Crippen LogP contribution in [0.25, 0.3) is 0 Å². The maximum atomic E-state index is 12.5. The number of benzene rings is 1. The lowest BCUT2D eigenvalue weighted by Crippen LogP contribution is -2.56. The van der Waals surface area contributed by atoms with Gasteiger partial charge in [0.2, 0.25) is 5.91 Å². The number of amides is 3. The first kappa shape index (κ1) is 20.0. The minimum atomic E-state index is -0.952. The number of carbonyl (C=O) groups is 2. The van der Waals surface area contributed by atoms with Crippen LogP contribution in [0.3, 0.4) is 0 Å². The van der Waals surface area contributed by atoms with Crippen LogP contribution in [-0.2, 0) is 4.79 Å². The van der Waals surface area contributed by atoms with Crippen molar-refractivity contribution >= 4 is 11.9 Å². The number of aliphatic hydroxyl groups excluding tert-OH is 1. The first-order valence-corrected chi connectivity index (χ1v) is 9.10. The van der Waals surface area contributed by atoms with E-state index in [0.29, 0.717) is 18.9 Å². The van der Waals surface area contributed by atoms with Crippen LogP contribution in [-0.4, -0.2) is 65.3 Å². The van der Waals surface area contributed by atoms with Crippen molar-refractivity contribution in [3.05, 3.63) is 24.3 Å². The van der Waals surface area contributed by atoms with E-state index in [9.17, 15) is 14.7 Å². The number of hydrogen-bond donors (Lipinski definition) is 1. The summed E-state index contributed by atoms with van der Waals surface area (Å²) >= 11 is 0. The predicted octanol–water partition coefficient (Wildman–Crippen LogP) is 2.28. The van der Waals surface area contributed by atoms with E-state index >= 15 is 0 Å². The second-order valence-corrected chi connectivity index (χ2v) is 6.36. The molecule has 0 saturated carbocycles. The molecule has 1 fully saturated rings. The van der Waals surface area contributed by atoms with Crippen LogP contribution < -0.4 is 9.47 Å². The first-order valence-electron chi connectivity index (χ1n) is 9.10. The van der Waals surface area contributed by atoms with Crippen LogP contribution >= 0.6 is 0 Å². The van der Waals surface area contributed by atoms with Gasteiger partial charge in [0.1, 0.15) is 24.2 Å². The molecular formula is C19H28N2O5. The maximum absolute atomic E-state index is 12.5. The van der Waals surface area contributed by atoms with Gasteiger partial charge in [0.05, 0.1) is 13.2 Å². The van der Waals surface area contributed by atoms with Crippen molar-refractivity contribution in [1.29, 1.82) is 0 Å². The summed E-state index contributed by atoms with van der Waals surface area (Å²) in [5.41, 5.74) is 0. The van der Waals surface area contributed by atoms with Crippen molar-refractivity contribution in [2.24, 2.45) is 0 Å². The molecule has 26 heavy (non-hydrogen) atoms. The van der Waals surface area contributed by atoms with Crippen LogP contribution in [0.2, 0.25) is 0 Å². The van der Waals surface area contributed by atoms with Gasteiger partial charge in [0.25, 0.3) is 0 Å². The molecule has 0 radical (unpaired) electrons. The standard InChI is InChI=1S/C19H28N2O5/c1-4-14(3)20-11-10-18(23)21(19(20)24)12-15(22)13-26-17-8-6-16(7-9-17)25-5-2/h6-9,14-15,22H,4-5,10-13H2,1-3H3/t14-,15-/m0/s1. The molecule has 2 atom stereocenters. The molecule has 0 unspecified atom stereocenters. The van der Waals surface area contributed by atoms with Gasteiger partial charge in [-0.1, -0.05) is 6.92 Å². The van der Waals surface area contributed by atoms with Crippen molar-refractivity contribution < 1.29 is 24.2 Å². The number of aliphatic hydroxyl groups is 1. The summed E-state index contributed by atoms with van der Waals surface area (Å²) in [6, 6.07) is 6.80. The van der Waals surface area contributed by atoms with Gasteiger partial charge in [-0.05, 0) is 44.5 Å². The summed E-state index contributed by atoms with van der Waals surface area (Å²) in [6.45, 7) is 6.81. The fraction of sp³-hybridized carbons (Fsp3) is 0.579. The zero-order valence-electron chi connectivity index (χ0n) is 15.7. The fourth-order valence-corrected chi connectivity index (χ4v) is 2.77. The van der Waals surface area contributed by atoms with E-state index in [1.54, 1.807) is 29.2 Å². The molecule has 2 rings (SSSR count). The number of β-amino-alcohol motifs (C(OH)–C–C–N with tert-alkyl or cyclic N) is 1. The van der Waals surface area contributed by atoms with Gasteiger partial charge in [0.15, 0.2) is 0 Å². The number of ether oxygens (including phenoxy) is 2. The monoisotopic (exact) mass is 364 g/mol. The van der Waals surface area contributed by atoms with E-state index in [1.165, 1.54) is 0 Å². The van der Waals surface area contributed by atoms with E-state index in [1.807, 2.05) is 20.8 Å². The molecule has 1 aromatic carbocycles. The zero-order valence-corrected chi connectivity index (χ0v) is 15.7. The molecule has 0 bridgehead atoms. The molecule has 1 saturated heterocycles. The van der Waals surface area contributed by atoms with Crippen LogP contribution in [0.5, 0.6) is 11.5 Å². The molecule has 0 aromatic heterocycles. The fourth-order valence-electron chi connectivity index (χ4n) is 2.77. The number of rotatable bonds is 9. The molecule has 1 heterocycles. The Bertz CT molecular complexity index is 604. The average Bonchev–Trinajstić information content (AvgIpc) is 2.64. The Morgan fingerprint density at radius 1 is 1.12 bits per heavy atom. The number of imide groups is 1. The molecule has 7 nitrogen and oxygen atoms in total. The zero-order chi connectivity index (χ0) is 19.1. The minimum absolute atomic E-state index is 0.00558. The molecule has 3 amide bonds. The third-order valence-electron chi connectivity index (χ3n) is 4.44. The highest BCUT2D eigenvalue weighted by Gasteiger charge is 2.35. The highest BCUT2D eigenvalue weighted by molar-refractivity contribution is 5.97. The van der Waals surface area contributed by atoms with Crippen LogP contribution in [0.4, 0.5) is 4.79 Å². The Hall–Kier alpha value is -2.28. The molecule has 0 aliphatic carbocycles. The van der Waals surface area contributed by atoms with E-state index in [4.69, 9.17) is 9.47 Å². The molecule has 0 spiro atoms. The summed E-state index contributed by atoms with van der Waals surface area (Å²) < 4.78 is 10.9. The van der Waals surface area contributed by atoms with E-state index in [0.717, 1.165) is 17.1 Å². The highest BCUT2D eigenvalue weighted by atomic mass is 16.5. The number of carbonyl (C=O) groups excluding carboxylic acids is 2. The SMILES string of the molecule is CCOc1ccc(OC[C@@H](O)CN2C(=O)CCN([C@@H](C)CC)C2=O)cc1. The maximum Gasteiger partial charge on any atom is 0.327 e. The summed E-state index contributed by atoms with van der Waals surface area (Å²) in [7, 11) is 0. The van der Waals surface area contributed by atoms with Crippen molar-refractivity contribution in [3.8, 4) is 11.5 Å². The second kappa shape index (κ2) is 9.43. The summed E-state index contributed by atoms with van der Waals surface area (Å²) in [5, 5.41) is 10.2. The molecule has 7 heteroatoms. The van der Waals surface area contributed by atoms with Crippen LogP contribution in [0.15, 0.2) is 24.3 Å². The molecule has 1 aliphatic rings. The lowest BCUT2D eigenvalue weighted by molar-refractivity contribution is -0.132. The van der Waals surface area contributed by atoms with Crippen LogP contribution in [0, 0.1) is 0 Å². The lowest BCUT2D eigenvalue weighted by Gasteiger charge is -2.38. The summed E-state index contributed by atoms with van der Waals surface area (Å²) in [6.07, 6.45) is 0.144. The Morgan fingerprint density at radius 3 is 2.31 bits per heavy atom. The first-order chi connectivity index (χ1) is 12.5. The smallest absolute Gasteiger partial charge is 0.327 e. The van der Waals surface area contributed by atoms with Gasteiger partial charge in [-0.25, -0.2) is 4.79 Å². The average molecular weight is 364 g/mol. The van der Waals surface area contributed by atoms with Gasteiger partial charge in [-0.3, -0.25) is 9.69 Å². The quantitative estimate of drug-likeness (QED) is 0.727. The largest absolute Gasteiger partial charge is 0.494 e. The Balaban J connectivity index is 1.88. The Labute approximate surface area is 154 Å². The number of hydrogen-bond acceptors (Lipinski definition) is 5. The van der Waals surface area contributed by atoms with Gasteiger partial charge in [-0.2, -0.15) is 0 Å². The highest BCUT2D eigenvalue weighted by Crippen LogP contribution is 2.19. The van der Waals surface area contributed by atoms with E-state index in [2.05, 4.69) is 0 Å². The Kier molecular flexibility index (Phi) is 7.26.